The zero-order valence-electron chi connectivity index (χ0n) is 12.6. The number of ether oxygens (including phenoxy) is 1. The molecule has 1 aliphatic carbocycles. The molecule has 3 N–H and O–H groups in total. The van der Waals surface area contributed by atoms with Crippen LogP contribution in [0.4, 0.5) is 5.69 Å². The lowest BCUT2D eigenvalue weighted by molar-refractivity contribution is 0.399. The van der Waals surface area contributed by atoms with Crippen molar-refractivity contribution in [3.63, 3.8) is 0 Å². The molecule has 0 amide bonds. The van der Waals surface area contributed by atoms with Crippen LogP contribution in [0, 0.1) is 5.92 Å². The first kappa shape index (κ1) is 16.1. The quantitative estimate of drug-likeness (QED) is 0.661. The standard InChI is InChI=1S/C15H24N2O3S/c1-11-6-4-3-5-7-14(11)17-21(18,19)15-9-8-12(20-2)10-13(15)16/h8-11,14,17H,3-7,16H2,1-2H3. The zero-order valence-corrected chi connectivity index (χ0v) is 13.4. The molecule has 0 aliphatic heterocycles. The number of nitrogens with two attached hydrogens (primary N) is 1. The molecule has 1 fully saturated rings. The monoisotopic (exact) mass is 312 g/mol. The number of hydrogen-bond acceptors (Lipinski definition) is 4. The molecule has 1 aromatic carbocycles. The number of nitrogens with one attached hydrogen (secondary N) is 1. The molecule has 0 bridgehead atoms. The van der Waals surface area contributed by atoms with Crippen LogP contribution >= 0.6 is 0 Å². The molecule has 0 spiro atoms. The summed E-state index contributed by atoms with van der Waals surface area (Å²) >= 11 is 0. The topological polar surface area (TPSA) is 81.4 Å². The molecule has 2 rings (SSSR count). The second-order valence-electron chi connectivity index (χ2n) is 5.75. The summed E-state index contributed by atoms with van der Waals surface area (Å²) in [5.41, 5.74) is 6.07. The Balaban J connectivity index is 2.21. The van der Waals surface area contributed by atoms with E-state index in [2.05, 4.69) is 11.6 Å². The summed E-state index contributed by atoms with van der Waals surface area (Å²) in [7, 11) is -2.07. The lowest BCUT2D eigenvalue weighted by atomic mass is 9.98. The van der Waals surface area contributed by atoms with Crippen molar-refractivity contribution in [2.75, 3.05) is 12.8 Å². The minimum absolute atomic E-state index is 0.0148. The van der Waals surface area contributed by atoms with Crippen LogP contribution in [-0.2, 0) is 10.0 Å². The van der Waals surface area contributed by atoms with Crippen molar-refractivity contribution in [1.82, 2.24) is 4.72 Å². The predicted octanol–water partition coefficient (Wildman–Crippen LogP) is 2.52. The van der Waals surface area contributed by atoms with E-state index in [-0.39, 0.29) is 16.6 Å². The second kappa shape index (κ2) is 6.66. The van der Waals surface area contributed by atoms with Gasteiger partial charge >= 0.3 is 0 Å². The molecular formula is C15H24N2O3S. The molecule has 1 aromatic rings. The predicted molar refractivity (Wildman–Crippen MR) is 83.8 cm³/mol. The fourth-order valence-electron chi connectivity index (χ4n) is 2.83. The first-order valence-corrected chi connectivity index (χ1v) is 8.88. The van der Waals surface area contributed by atoms with Crippen LogP contribution in [-0.4, -0.2) is 21.6 Å². The van der Waals surface area contributed by atoms with E-state index in [1.54, 1.807) is 6.07 Å². The van der Waals surface area contributed by atoms with Gasteiger partial charge in [0.25, 0.3) is 0 Å². The Kier molecular flexibility index (Phi) is 5.11. The van der Waals surface area contributed by atoms with Crippen molar-refractivity contribution in [3.8, 4) is 5.75 Å². The summed E-state index contributed by atoms with van der Waals surface area (Å²) in [6.45, 7) is 2.11. The van der Waals surface area contributed by atoms with E-state index in [1.165, 1.54) is 32.1 Å². The minimum atomic E-state index is -3.60. The SMILES string of the molecule is COc1ccc(S(=O)(=O)NC2CCCCCC2C)c(N)c1. The number of anilines is 1. The fraction of sp³-hybridized carbons (Fsp3) is 0.600. The van der Waals surface area contributed by atoms with E-state index >= 15 is 0 Å². The zero-order chi connectivity index (χ0) is 15.5. The smallest absolute Gasteiger partial charge is 0.242 e. The summed E-state index contributed by atoms with van der Waals surface area (Å²) in [4.78, 5) is 0.125. The van der Waals surface area contributed by atoms with Crippen molar-refractivity contribution in [2.24, 2.45) is 5.92 Å². The molecule has 0 aromatic heterocycles. The largest absolute Gasteiger partial charge is 0.497 e. The van der Waals surface area contributed by atoms with Gasteiger partial charge in [0.2, 0.25) is 10.0 Å². The van der Waals surface area contributed by atoms with Crippen LogP contribution in [0.3, 0.4) is 0 Å². The van der Waals surface area contributed by atoms with Gasteiger partial charge in [-0.15, -0.1) is 0 Å². The van der Waals surface area contributed by atoms with Crippen LogP contribution in [0.5, 0.6) is 5.75 Å². The Labute approximate surface area is 126 Å². The summed E-state index contributed by atoms with van der Waals surface area (Å²) in [5.74, 6) is 0.899. The molecule has 0 radical (unpaired) electrons. The van der Waals surface area contributed by atoms with Crippen molar-refractivity contribution in [3.05, 3.63) is 18.2 Å². The highest BCUT2D eigenvalue weighted by Crippen LogP contribution is 2.27. The van der Waals surface area contributed by atoms with Gasteiger partial charge in [0.15, 0.2) is 0 Å². The maximum atomic E-state index is 12.5. The lowest BCUT2D eigenvalue weighted by Crippen LogP contribution is -2.39. The molecule has 2 atom stereocenters. The average Bonchev–Trinajstić information content (AvgIpc) is 2.63. The average molecular weight is 312 g/mol. The fourth-order valence-corrected chi connectivity index (χ4v) is 4.32. The van der Waals surface area contributed by atoms with Crippen LogP contribution in [0.2, 0.25) is 0 Å². The molecule has 21 heavy (non-hydrogen) atoms. The van der Waals surface area contributed by atoms with Crippen molar-refractivity contribution in [1.29, 1.82) is 0 Å². The number of rotatable bonds is 4. The molecular weight excluding hydrogens is 288 g/mol. The summed E-state index contributed by atoms with van der Waals surface area (Å²) in [6, 6.07) is 4.63. The Morgan fingerprint density at radius 2 is 1.95 bits per heavy atom. The highest BCUT2D eigenvalue weighted by Gasteiger charge is 2.27. The van der Waals surface area contributed by atoms with E-state index in [0.717, 1.165) is 19.3 Å². The molecule has 118 valence electrons. The van der Waals surface area contributed by atoms with E-state index in [0.29, 0.717) is 11.7 Å². The van der Waals surface area contributed by atoms with Gasteiger partial charge in [-0.05, 0) is 30.9 Å². The Morgan fingerprint density at radius 3 is 2.62 bits per heavy atom. The third-order valence-corrected chi connectivity index (χ3v) is 5.74. The van der Waals surface area contributed by atoms with Gasteiger partial charge in [0, 0.05) is 12.1 Å². The molecule has 6 heteroatoms. The van der Waals surface area contributed by atoms with Crippen LogP contribution in [0.1, 0.15) is 39.0 Å². The first-order chi connectivity index (χ1) is 9.94. The van der Waals surface area contributed by atoms with Crippen LogP contribution in [0.15, 0.2) is 23.1 Å². The van der Waals surface area contributed by atoms with Gasteiger partial charge in [-0.3, -0.25) is 0 Å². The van der Waals surface area contributed by atoms with Crippen molar-refractivity contribution >= 4 is 15.7 Å². The number of benzene rings is 1. The third-order valence-electron chi connectivity index (χ3n) is 4.17. The highest BCUT2D eigenvalue weighted by atomic mass is 32.2. The molecule has 2 unspecified atom stereocenters. The molecule has 1 aliphatic rings. The minimum Gasteiger partial charge on any atom is -0.497 e. The van der Waals surface area contributed by atoms with Gasteiger partial charge < -0.3 is 10.5 Å². The highest BCUT2D eigenvalue weighted by molar-refractivity contribution is 7.89. The second-order valence-corrected chi connectivity index (χ2v) is 7.43. The van der Waals surface area contributed by atoms with E-state index < -0.39 is 10.0 Å². The van der Waals surface area contributed by atoms with Crippen LogP contribution < -0.4 is 15.2 Å². The first-order valence-electron chi connectivity index (χ1n) is 7.40. The number of methoxy groups -OCH3 is 1. The number of sulfonamides is 1. The third kappa shape index (κ3) is 3.89. The summed E-state index contributed by atoms with van der Waals surface area (Å²) in [5, 5.41) is 0. The van der Waals surface area contributed by atoms with Gasteiger partial charge in [-0.25, -0.2) is 13.1 Å². The molecule has 5 nitrogen and oxygen atoms in total. The van der Waals surface area contributed by atoms with Gasteiger partial charge in [-0.1, -0.05) is 26.2 Å². The van der Waals surface area contributed by atoms with Gasteiger partial charge in [-0.2, -0.15) is 0 Å². The summed E-state index contributed by atoms with van der Waals surface area (Å²) in [6.07, 6.45) is 5.36. The Morgan fingerprint density at radius 1 is 1.24 bits per heavy atom. The molecule has 1 saturated carbocycles. The number of nitrogen functional groups attached to an aromatic ring is 1. The maximum Gasteiger partial charge on any atom is 0.242 e. The molecule has 0 saturated heterocycles. The van der Waals surface area contributed by atoms with Crippen molar-refractivity contribution in [2.45, 2.75) is 50.0 Å². The van der Waals surface area contributed by atoms with E-state index in [4.69, 9.17) is 10.5 Å². The molecule has 0 heterocycles. The summed E-state index contributed by atoms with van der Waals surface area (Å²) < 4.78 is 33.0. The van der Waals surface area contributed by atoms with Gasteiger partial charge in [0.05, 0.1) is 12.8 Å². The normalized spacial score (nSPS) is 23.5. The Bertz CT molecular complexity index is 587. The van der Waals surface area contributed by atoms with E-state index in [9.17, 15) is 8.42 Å². The van der Waals surface area contributed by atoms with E-state index in [1.807, 2.05) is 0 Å². The van der Waals surface area contributed by atoms with Crippen molar-refractivity contribution < 1.29 is 13.2 Å². The maximum absolute atomic E-state index is 12.5. The van der Waals surface area contributed by atoms with Crippen LogP contribution in [0.25, 0.3) is 0 Å². The van der Waals surface area contributed by atoms with Gasteiger partial charge in [0.1, 0.15) is 10.6 Å². The Hall–Kier alpha value is -1.27. The lowest BCUT2D eigenvalue weighted by Gasteiger charge is -2.23. The number of hydrogen-bond donors (Lipinski definition) is 2.